The van der Waals surface area contributed by atoms with E-state index in [-0.39, 0.29) is 0 Å². The van der Waals surface area contributed by atoms with Crippen molar-refractivity contribution < 1.29 is 24.0 Å². The van der Waals surface area contributed by atoms with E-state index in [0.29, 0.717) is 0 Å². The zero-order valence-electron chi connectivity index (χ0n) is 8.76. The summed E-state index contributed by atoms with van der Waals surface area (Å²) in [7, 11) is 2.26. The largest absolute Gasteiger partial charge is 0.469 e. The summed E-state index contributed by atoms with van der Waals surface area (Å²) >= 11 is 0. The number of carbonyl (C=O) groups excluding carboxylic acids is 2. The van der Waals surface area contributed by atoms with Crippen LogP contribution < -0.4 is 0 Å². The zero-order chi connectivity index (χ0) is 12.0. The molecule has 0 N–H and O–H groups in total. The topological polar surface area (TPSA) is 95.7 Å². The lowest BCUT2D eigenvalue weighted by atomic mass is 9.94. The summed E-state index contributed by atoms with van der Waals surface area (Å²) in [5.74, 6) is -3.47. The molecular weight excluding hydrogens is 206 g/mol. The summed E-state index contributed by atoms with van der Waals surface area (Å²) in [6.45, 7) is 0.736. The lowest BCUT2D eigenvalue weighted by Gasteiger charge is -2.15. The highest BCUT2D eigenvalue weighted by Crippen LogP contribution is 2.15. The molecule has 0 aliphatic heterocycles. The molecule has 0 radical (unpaired) electrons. The molecule has 0 spiro atoms. The number of methoxy groups -OCH3 is 2. The van der Waals surface area contributed by atoms with Gasteiger partial charge in [0.2, 0.25) is 6.54 Å². The monoisotopic (exact) mass is 219 g/mol. The molecule has 2 atom stereocenters. The highest BCUT2D eigenvalue weighted by atomic mass is 16.6. The maximum absolute atomic E-state index is 11.2. The van der Waals surface area contributed by atoms with Gasteiger partial charge in [-0.25, -0.2) is 0 Å². The zero-order valence-corrected chi connectivity index (χ0v) is 8.76. The molecule has 0 rings (SSSR count). The fourth-order valence-electron chi connectivity index (χ4n) is 1.10. The van der Waals surface area contributed by atoms with Gasteiger partial charge in [0.15, 0.2) is 0 Å². The van der Waals surface area contributed by atoms with E-state index in [1.54, 1.807) is 0 Å². The number of ether oxygens (including phenoxy) is 2. The number of nitro groups is 1. The lowest BCUT2D eigenvalue weighted by molar-refractivity contribution is -0.487. The molecule has 15 heavy (non-hydrogen) atoms. The summed E-state index contributed by atoms with van der Waals surface area (Å²) in [5.41, 5.74) is 0. The van der Waals surface area contributed by atoms with Crippen molar-refractivity contribution >= 4 is 11.9 Å². The minimum atomic E-state index is -1.11. The van der Waals surface area contributed by atoms with Crippen LogP contribution in [0.1, 0.15) is 6.92 Å². The van der Waals surface area contributed by atoms with Crippen LogP contribution in [0.15, 0.2) is 0 Å². The average molecular weight is 219 g/mol. The van der Waals surface area contributed by atoms with Crippen LogP contribution >= 0.6 is 0 Å². The normalized spacial score (nSPS) is 13.8. The number of esters is 2. The van der Waals surface area contributed by atoms with Gasteiger partial charge in [-0.1, -0.05) is 6.92 Å². The fraction of sp³-hybridized carbons (Fsp3) is 0.750. The summed E-state index contributed by atoms with van der Waals surface area (Å²) < 4.78 is 8.78. The third kappa shape index (κ3) is 3.92. The Morgan fingerprint density at radius 2 is 1.73 bits per heavy atom. The van der Waals surface area contributed by atoms with Gasteiger partial charge in [-0.05, 0) is 0 Å². The van der Waals surface area contributed by atoms with Gasteiger partial charge >= 0.3 is 11.9 Å². The summed E-state index contributed by atoms with van der Waals surface area (Å²) in [5, 5.41) is 10.3. The van der Waals surface area contributed by atoms with Crippen molar-refractivity contribution in [3.05, 3.63) is 10.1 Å². The first kappa shape index (κ1) is 13.3. The van der Waals surface area contributed by atoms with E-state index in [1.807, 2.05) is 0 Å². The van der Waals surface area contributed by atoms with Gasteiger partial charge in [0.05, 0.1) is 20.1 Å². The molecule has 0 fully saturated rings. The summed E-state index contributed by atoms with van der Waals surface area (Å²) in [6, 6.07) is 0. The molecule has 86 valence electrons. The first-order valence-electron chi connectivity index (χ1n) is 4.21. The van der Waals surface area contributed by atoms with Crippen LogP contribution in [0.2, 0.25) is 0 Å². The molecule has 0 aromatic heterocycles. The van der Waals surface area contributed by atoms with Gasteiger partial charge in [-0.3, -0.25) is 19.7 Å². The molecule has 0 saturated carbocycles. The van der Waals surface area contributed by atoms with Crippen LogP contribution in [-0.2, 0) is 19.1 Å². The molecule has 0 aromatic carbocycles. The number of carbonyl (C=O) groups is 2. The molecule has 7 nitrogen and oxygen atoms in total. The van der Waals surface area contributed by atoms with Crippen molar-refractivity contribution in [2.45, 2.75) is 6.92 Å². The standard InChI is InChI=1S/C8H13NO6/c1-5(7(10)14-2)6(4-9(12)13)8(11)15-3/h5-6H,4H2,1-3H3. The van der Waals surface area contributed by atoms with Crippen LogP contribution in [0, 0.1) is 22.0 Å². The number of hydrogen-bond donors (Lipinski definition) is 0. The van der Waals surface area contributed by atoms with Crippen LogP contribution in [-0.4, -0.2) is 37.6 Å². The molecule has 0 saturated heterocycles. The van der Waals surface area contributed by atoms with Gasteiger partial charge in [0.1, 0.15) is 5.92 Å². The van der Waals surface area contributed by atoms with Crippen molar-refractivity contribution in [3.63, 3.8) is 0 Å². The van der Waals surface area contributed by atoms with Crippen LogP contribution in [0.25, 0.3) is 0 Å². The van der Waals surface area contributed by atoms with E-state index < -0.39 is 35.2 Å². The van der Waals surface area contributed by atoms with Crippen molar-refractivity contribution in [3.8, 4) is 0 Å². The smallest absolute Gasteiger partial charge is 0.316 e. The van der Waals surface area contributed by atoms with Gasteiger partial charge in [0.25, 0.3) is 0 Å². The van der Waals surface area contributed by atoms with Gasteiger partial charge in [-0.2, -0.15) is 0 Å². The third-order valence-electron chi connectivity index (χ3n) is 2.03. The molecule has 0 bridgehead atoms. The highest BCUT2D eigenvalue weighted by molar-refractivity contribution is 5.81. The number of hydrogen-bond acceptors (Lipinski definition) is 6. The highest BCUT2D eigenvalue weighted by Gasteiger charge is 2.35. The Kier molecular flexibility index (Phi) is 5.29. The van der Waals surface area contributed by atoms with Crippen LogP contribution in [0.3, 0.4) is 0 Å². The predicted molar refractivity (Wildman–Crippen MR) is 48.5 cm³/mol. The minimum absolute atomic E-state index is 0.650. The quantitative estimate of drug-likeness (QED) is 0.363. The lowest BCUT2D eigenvalue weighted by Crippen LogP contribution is -2.34. The Morgan fingerprint density at radius 1 is 1.27 bits per heavy atom. The molecule has 0 aromatic rings. The van der Waals surface area contributed by atoms with Crippen molar-refractivity contribution in [1.29, 1.82) is 0 Å². The number of nitrogens with zero attached hydrogens (tertiary/aromatic N) is 1. The van der Waals surface area contributed by atoms with E-state index in [1.165, 1.54) is 6.92 Å². The molecule has 0 aliphatic carbocycles. The first-order chi connectivity index (χ1) is 6.93. The molecule has 2 unspecified atom stereocenters. The second kappa shape index (κ2) is 5.94. The van der Waals surface area contributed by atoms with E-state index in [0.717, 1.165) is 14.2 Å². The Labute approximate surface area is 86.5 Å². The fourth-order valence-corrected chi connectivity index (χ4v) is 1.10. The molecule has 0 amide bonds. The van der Waals surface area contributed by atoms with Crippen LogP contribution in [0.5, 0.6) is 0 Å². The van der Waals surface area contributed by atoms with Gasteiger partial charge < -0.3 is 9.47 Å². The Balaban J connectivity index is 4.68. The second-order valence-corrected chi connectivity index (χ2v) is 2.96. The predicted octanol–water partition coefficient (Wildman–Crippen LogP) is -0.139. The van der Waals surface area contributed by atoms with E-state index in [9.17, 15) is 19.7 Å². The van der Waals surface area contributed by atoms with E-state index >= 15 is 0 Å². The van der Waals surface area contributed by atoms with Crippen molar-refractivity contribution in [2.24, 2.45) is 11.8 Å². The Bertz CT molecular complexity index is 264. The van der Waals surface area contributed by atoms with E-state index in [4.69, 9.17) is 0 Å². The maximum atomic E-state index is 11.2. The first-order valence-corrected chi connectivity index (χ1v) is 4.21. The van der Waals surface area contributed by atoms with Crippen molar-refractivity contribution in [2.75, 3.05) is 20.8 Å². The molecule has 0 heterocycles. The summed E-state index contributed by atoms with van der Waals surface area (Å²) in [4.78, 5) is 31.9. The third-order valence-corrected chi connectivity index (χ3v) is 2.03. The minimum Gasteiger partial charge on any atom is -0.469 e. The Hall–Kier alpha value is -1.66. The maximum Gasteiger partial charge on any atom is 0.316 e. The van der Waals surface area contributed by atoms with Gasteiger partial charge in [-0.15, -0.1) is 0 Å². The van der Waals surface area contributed by atoms with Crippen LogP contribution in [0.4, 0.5) is 0 Å². The second-order valence-electron chi connectivity index (χ2n) is 2.96. The Morgan fingerprint density at radius 3 is 2.07 bits per heavy atom. The number of rotatable bonds is 5. The summed E-state index contributed by atoms with van der Waals surface area (Å²) in [6.07, 6.45) is 0. The average Bonchev–Trinajstić information content (AvgIpc) is 2.22. The van der Waals surface area contributed by atoms with Crippen molar-refractivity contribution in [1.82, 2.24) is 0 Å². The molecule has 7 heteroatoms. The SMILES string of the molecule is COC(=O)C(C)C(C[N+](=O)[O-])C(=O)OC. The molecular formula is C8H13NO6. The van der Waals surface area contributed by atoms with E-state index in [2.05, 4.69) is 9.47 Å². The molecule has 0 aliphatic rings. The van der Waals surface area contributed by atoms with Gasteiger partial charge in [0, 0.05) is 4.92 Å².